The lowest BCUT2D eigenvalue weighted by Crippen LogP contribution is -2.45. The lowest BCUT2D eigenvalue weighted by atomic mass is 10.3. The van der Waals surface area contributed by atoms with E-state index in [0.717, 1.165) is 17.1 Å². The van der Waals surface area contributed by atoms with Crippen LogP contribution in [0.1, 0.15) is 6.42 Å². The van der Waals surface area contributed by atoms with Crippen molar-refractivity contribution in [3.8, 4) is 0 Å². The molecule has 0 atom stereocenters. The number of carbonyl (C=O) groups is 3. The first kappa shape index (κ1) is 23.9. The first-order valence-corrected chi connectivity index (χ1v) is 9.95. The van der Waals surface area contributed by atoms with Crippen molar-refractivity contribution in [1.82, 2.24) is 9.80 Å². The molecule has 0 fully saturated rings. The Hall–Kier alpha value is -2.07. The molecule has 0 spiro atoms. The number of hydrogen-bond donors (Lipinski definition) is 0. The van der Waals surface area contributed by atoms with Gasteiger partial charge in [-0.05, 0) is 24.6 Å². The molecule has 3 amide bonds. The Labute approximate surface area is 156 Å². The quantitative estimate of drug-likeness (QED) is 0.348. The van der Waals surface area contributed by atoms with E-state index in [1.807, 2.05) is 0 Å². The van der Waals surface area contributed by atoms with Gasteiger partial charge in [0.25, 0.3) is 11.8 Å². The van der Waals surface area contributed by atoms with E-state index in [-0.39, 0.29) is 19.0 Å². The number of carbonyl (C=O) groups excluding carboxylic acids is 3. The summed E-state index contributed by atoms with van der Waals surface area (Å²) in [6.07, 6.45) is 3.82. The molecule has 0 aromatic heterocycles. The average Bonchev–Trinajstić information content (AvgIpc) is 2.68. The summed E-state index contributed by atoms with van der Waals surface area (Å²) in [5.74, 6) is -1.41. The SMILES string of the molecule is C=CC(=O)N(CCC[Si](OC)(OC)OC)CCN(C(=O)C=C)C(=O)C=C. The summed E-state index contributed by atoms with van der Waals surface area (Å²) in [5, 5.41) is 0. The molecule has 0 bridgehead atoms. The van der Waals surface area contributed by atoms with Crippen LogP contribution in [0.4, 0.5) is 0 Å². The van der Waals surface area contributed by atoms with Crippen LogP contribution in [0.5, 0.6) is 0 Å². The number of amides is 3. The molecular formula is C17H28N2O6Si. The van der Waals surface area contributed by atoms with Crippen LogP contribution in [0.3, 0.4) is 0 Å². The lowest BCUT2D eigenvalue weighted by Gasteiger charge is -2.27. The molecule has 0 radical (unpaired) electrons. The summed E-state index contributed by atoms with van der Waals surface area (Å²) in [4.78, 5) is 38.1. The van der Waals surface area contributed by atoms with Gasteiger partial charge in [0.15, 0.2) is 0 Å². The molecule has 0 unspecified atom stereocenters. The number of nitrogens with zero attached hydrogens (tertiary/aromatic N) is 2. The molecule has 0 aliphatic heterocycles. The minimum absolute atomic E-state index is 0.0245. The molecule has 9 heteroatoms. The number of rotatable bonds is 13. The van der Waals surface area contributed by atoms with Gasteiger partial charge in [0, 0.05) is 47.0 Å². The molecule has 146 valence electrons. The molecule has 0 rings (SSSR count). The first-order chi connectivity index (χ1) is 12.3. The van der Waals surface area contributed by atoms with Crippen LogP contribution >= 0.6 is 0 Å². The van der Waals surface area contributed by atoms with Crippen LogP contribution in [0, 0.1) is 0 Å². The molecule has 0 saturated heterocycles. The van der Waals surface area contributed by atoms with Crippen molar-refractivity contribution in [2.24, 2.45) is 0 Å². The van der Waals surface area contributed by atoms with Crippen LogP contribution in [0.25, 0.3) is 0 Å². The van der Waals surface area contributed by atoms with Gasteiger partial charge in [0.05, 0.1) is 0 Å². The van der Waals surface area contributed by atoms with Gasteiger partial charge in [0.1, 0.15) is 0 Å². The average molecular weight is 385 g/mol. The first-order valence-electron chi connectivity index (χ1n) is 8.01. The fourth-order valence-electron chi connectivity index (χ4n) is 2.27. The molecule has 0 N–H and O–H groups in total. The Morgan fingerprint density at radius 2 is 1.27 bits per heavy atom. The van der Waals surface area contributed by atoms with E-state index in [1.165, 1.54) is 32.3 Å². The summed E-state index contributed by atoms with van der Waals surface area (Å²) >= 11 is 0. The second kappa shape index (κ2) is 12.3. The number of hydrogen-bond acceptors (Lipinski definition) is 6. The van der Waals surface area contributed by atoms with Gasteiger partial charge in [-0.3, -0.25) is 19.3 Å². The third-order valence-corrected chi connectivity index (χ3v) is 6.64. The van der Waals surface area contributed by atoms with E-state index < -0.39 is 20.6 Å². The minimum Gasteiger partial charge on any atom is -0.377 e. The normalized spacial score (nSPS) is 10.7. The van der Waals surface area contributed by atoms with Crippen LogP contribution in [0.15, 0.2) is 38.0 Å². The van der Waals surface area contributed by atoms with Crippen molar-refractivity contribution >= 4 is 26.5 Å². The fraction of sp³-hybridized carbons (Fsp3) is 0.471. The maximum atomic E-state index is 12.1. The summed E-state index contributed by atoms with van der Waals surface area (Å²) in [6.45, 7) is 10.8. The zero-order valence-corrected chi connectivity index (χ0v) is 16.7. The molecule has 0 aromatic rings. The van der Waals surface area contributed by atoms with Gasteiger partial charge < -0.3 is 18.2 Å². The molecule has 0 aromatic carbocycles. The summed E-state index contributed by atoms with van der Waals surface area (Å²) in [7, 11) is 1.83. The van der Waals surface area contributed by atoms with Crippen LogP contribution in [-0.4, -0.2) is 77.3 Å². The highest BCUT2D eigenvalue weighted by Crippen LogP contribution is 2.15. The van der Waals surface area contributed by atoms with Crippen molar-refractivity contribution in [3.05, 3.63) is 38.0 Å². The van der Waals surface area contributed by atoms with Gasteiger partial charge in [-0.1, -0.05) is 19.7 Å². The smallest absolute Gasteiger partial charge is 0.377 e. The van der Waals surface area contributed by atoms with Crippen LogP contribution in [-0.2, 0) is 27.7 Å². The van der Waals surface area contributed by atoms with E-state index in [2.05, 4.69) is 19.7 Å². The molecule has 0 saturated carbocycles. The lowest BCUT2D eigenvalue weighted by molar-refractivity contribution is -0.140. The van der Waals surface area contributed by atoms with Crippen molar-refractivity contribution in [1.29, 1.82) is 0 Å². The Balaban J connectivity index is 4.95. The zero-order valence-electron chi connectivity index (χ0n) is 15.7. The standard InChI is InChI=1S/C17H28N2O6Si/c1-7-15(20)18(11-10-14-26(23-4,24-5)25-6)12-13-19(16(21)8-2)17(22)9-3/h7-9H,1-3,10-14H2,4-6H3. The summed E-state index contributed by atoms with van der Waals surface area (Å²) in [5.41, 5.74) is 0. The predicted octanol–water partition coefficient (Wildman–Crippen LogP) is 0.996. The van der Waals surface area contributed by atoms with Gasteiger partial charge in [-0.15, -0.1) is 0 Å². The largest absolute Gasteiger partial charge is 0.500 e. The highest BCUT2D eigenvalue weighted by atomic mass is 28.4. The van der Waals surface area contributed by atoms with Gasteiger partial charge in [-0.25, -0.2) is 0 Å². The Kier molecular flexibility index (Phi) is 11.3. The van der Waals surface area contributed by atoms with Crippen LogP contribution in [0.2, 0.25) is 6.04 Å². The highest BCUT2D eigenvalue weighted by Gasteiger charge is 2.37. The van der Waals surface area contributed by atoms with Crippen molar-refractivity contribution in [3.63, 3.8) is 0 Å². The molecule has 0 aliphatic carbocycles. The zero-order chi connectivity index (χ0) is 20.2. The Morgan fingerprint density at radius 3 is 1.65 bits per heavy atom. The topological polar surface area (TPSA) is 85.4 Å². The maximum absolute atomic E-state index is 12.1. The van der Waals surface area contributed by atoms with E-state index >= 15 is 0 Å². The van der Waals surface area contributed by atoms with E-state index in [4.69, 9.17) is 13.3 Å². The van der Waals surface area contributed by atoms with Crippen LogP contribution < -0.4 is 0 Å². The fourth-order valence-corrected chi connectivity index (χ4v) is 3.98. The molecule has 0 aliphatic rings. The van der Waals surface area contributed by atoms with Gasteiger partial charge in [-0.2, -0.15) is 0 Å². The molecular weight excluding hydrogens is 356 g/mol. The highest BCUT2D eigenvalue weighted by molar-refractivity contribution is 6.60. The van der Waals surface area contributed by atoms with Gasteiger partial charge in [0.2, 0.25) is 5.91 Å². The number of imide groups is 1. The molecule has 8 nitrogen and oxygen atoms in total. The summed E-state index contributed by atoms with van der Waals surface area (Å²) in [6, 6.07) is 0.512. The predicted molar refractivity (Wildman–Crippen MR) is 100 cm³/mol. The Morgan fingerprint density at radius 1 is 0.808 bits per heavy atom. The third kappa shape index (κ3) is 7.04. The van der Waals surface area contributed by atoms with Crippen molar-refractivity contribution in [2.75, 3.05) is 41.0 Å². The minimum atomic E-state index is -2.73. The van der Waals surface area contributed by atoms with E-state index in [9.17, 15) is 14.4 Å². The van der Waals surface area contributed by atoms with Gasteiger partial charge >= 0.3 is 8.80 Å². The third-order valence-electron chi connectivity index (χ3n) is 3.81. The van der Waals surface area contributed by atoms with E-state index in [0.29, 0.717) is 19.0 Å². The van der Waals surface area contributed by atoms with Crippen molar-refractivity contribution < 1.29 is 27.7 Å². The second-order valence-corrected chi connectivity index (χ2v) is 8.26. The summed E-state index contributed by atoms with van der Waals surface area (Å²) < 4.78 is 16.0. The Bertz CT molecular complexity index is 505. The maximum Gasteiger partial charge on any atom is 0.500 e. The van der Waals surface area contributed by atoms with E-state index in [1.54, 1.807) is 0 Å². The van der Waals surface area contributed by atoms with Crippen molar-refractivity contribution in [2.45, 2.75) is 12.5 Å². The monoisotopic (exact) mass is 384 g/mol. The molecule has 26 heavy (non-hydrogen) atoms. The second-order valence-electron chi connectivity index (χ2n) is 5.16. The molecule has 0 heterocycles.